The lowest BCUT2D eigenvalue weighted by Gasteiger charge is -2.13. The largest absolute Gasteiger partial charge is 0.493 e. The Labute approximate surface area is 191 Å². The number of methoxy groups -OCH3 is 2. The summed E-state index contributed by atoms with van der Waals surface area (Å²) in [6.45, 7) is 2.07. The highest BCUT2D eigenvalue weighted by Gasteiger charge is 2.18. The van der Waals surface area contributed by atoms with E-state index >= 15 is 0 Å². The molecule has 0 aliphatic rings. The van der Waals surface area contributed by atoms with Crippen molar-refractivity contribution in [2.45, 2.75) is 17.8 Å². The van der Waals surface area contributed by atoms with E-state index in [4.69, 9.17) is 21.1 Å². The van der Waals surface area contributed by atoms with Gasteiger partial charge < -0.3 is 9.47 Å². The minimum absolute atomic E-state index is 0.647. The summed E-state index contributed by atoms with van der Waals surface area (Å²) in [5.74, 6) is 2.82. The molecule has 0 amide bonds. The molecule has 0 aliphatic carbocycles. The number of hydrogen-bond donors (Lipinski definition) is 0. The molecule has 0 aliphatic heterocycles. The van der Waals surface area contributed by atoms with Crippen molar-refractivity contribution >= 4 is 23.4 Å². The van der Waals surface area contributed by atoms with Crippen LogP contribution >= 0.6 is 23.4 Å². The molecule has 0 N–H and O–H groups in total. The normalized spacial score (nSPS) is 10.8. The Hall–Kier alpha value is -2.96. The van der Waals surface area contributed by atoms with E-state index in [0.717, 1.165) is 38.6 Å². The minimum Gasteiger partial charge on any atom is -0.493 e. The summed E-state index contributed by atoms with van der Waals surface area (Å²) in [5.41, 5.74) is 4.23. The molecule has 4 rings (SSSR count). The van der Waals surface area contributed by atoms with Gasteiger partial charge >= 0.3 is 0 Å². The second-order valence-corrected chi connectivity index (χ2v) is 8.34. The summed E-state index contributed by atoms with van der Waals surface area (Å²) in [6, 6.07) is 21.9. The third-order valence-electron chi connectivity index (χ3n) is 4.82. The second-order valence-electron chi connectivity index (χ2n) is 6.97. The Balaban J connectivity index is 1.76. The predicted octanol–water partition coefficient (Wildman–Crippen LogP) is 6.21. The molecule has 0 fully saturated rings. The van der Waals surface area contributed by atoms with Gasteiger partial charge in [-0.1, -0.05) is 47.6 Å². The van der Waals surface area contributed by atoms with E-state index in [2.05, 4.69) is 39.9 Å². The van der Waals surface area contributed by atoms with E-state index in [1.165, 1.54) is 5.56 Å². The molecule has 7 heteroatoms. The van der Waals surface area contributed by atoms with Crippen LogP contribution in [0.15, 0.2) is 71.9 Å². The van der Waals surface area contributed by atoms with Gasteiger partial charge in [0, 0.05) is 22.0 Å². The zero-order valence-electron chi connectivity index (χ0n) is 17.5. The summed E-state index contributed by atoms with van der Waals surface area (Å²) < 4.78 is 12.9. The molecule has 0 saturated carbocycles. The maximum absolute atomic E-state index is 6.01. The standard InChI is InChI=1S/C24H22ClN3O2S/c1-16-5-4-6-20(13-16)28-23(18-9-12-21(29-2)22(14-18)30-3)26-27-24(28)31-15-17-7-10-19(25)11-8-17/h4-14H,15H2,1-3H3. The number of nitrogens with zero attached hydrogens (tertiary/aromatic N) is 3. The molecule has 3 aromatic carbocycles. The zero-order valence-corrected chi connectivity index (χ0v) is 19.1. The molecule has 0 radical (unpaired) electrons. The van der Waals surface area contributed by atoms with Crippen LogP contribution in [-0.4, -0.2) is 29.0 Å². The van der Waals surface area contributed by atoms with Gasteiger partial charge in [-0.2, -0.15) is 0 Å². The van der Waals surface area contributed by atoms with Crippen molar-refractivity contribution in [2.24, 2.45) is 0 Å². The first-order valence-corrected chi connectivity index (χ1v) is 11.1. The van der Waals surface area contributed by atoms with Gasteiger partial charge in [0.05, 0.1) is 14.2 Å². The molecule has 0 unspecified atom stereocenters. The Morgan fingerprint density at radius 3 is 2.39 bits per heavy atom. The highest BCUT2D eigenvalue weighted by Crippen LogP contribution is 2.35. The smallest absolute Gasteiger partial charge is 0.196 e. The number of aromatic nitrogens is 3. The van der Waals surface area contributed by atoms with Crippen molar-refractivity contribution in [3.05, 3.63) is 82.9 Å². The van der Waals surface area contributed by atoms with Crippen LogP contribution < -0.4 is 9.47 Å². The SMILES string of the molecule is COc1ccc(-c2nnc(SCc3ccc(Cl)cc3)n2-c2cccc(C)c2)cc1OC. The first-order chi connectivity index (χ1) is 15.1. The maximum atomic E-state index is 6.01. The van der Waals surface area contributed by atoms with Crippen molar-refractivity contribution in [3.8, 4) is 28.6 Å². The Morgan fingerprint density at radius 1 is 0.903 bits per heavy atom. The molecule has 0 spiro atoms. The monoisotopic (exact) mass is 451 g/mol. The summed E-state index contributed by atoms with van der Waals surface area (Å²) in [5, 5.41) is 10.6. The Morgan fingerprint density at radius 2 is 1.68 bits per heavy atom. The maximum Gasteiger partial charge on any atom is 0.196 e. The third-order valence-corrected chi connectivity index (χ3v) is 6.07. The van der Waals surface area contributed by atoms with Gasteiger partial charge in [-0.3, -0.25) is 4.57 Å². The summed E-state index contributed by atoms with van der Waals surface area (Å²) in [4.78, 5) is 0. The molecule has 0 atom stereocenters. The predicted molar refractivity (Wildman–Crippen MR) is 126 cm³/mol. The number of ether oxygens (including phenoxy) is 2. The highest BCUT2D eigenvalue weighted by molar-refractivity contribution is 7.98. The number of thioether (sulfide) groups is 1. The van der Waals surface area contributed by atoms with Crippen LogP contribution in [0.25, 0.3) is 17.1 Å². The van der Waals surface area contributed by atoms with Crippen molar-refractivity contribution in [1.29, 1.82) is 0 Å². The van der Waals surface area contributed by atoms with E-state index in [0.29, 0.717) is 11.5 Å². The van der Waals surface area contributed by atoms with Crippen LogP contribution in [0.2, 0.25) is 5.02 Å². The molecule has 0 saturated heterocycles. The van der Waals surface area contributed by atoms with Gasteiger partial charge in [0.2, 0.25) is 0 Å². The quantitative estimate of drug-likeness (QED) is 0.313. The average molecular weight is 452 g/mol. The lowest BCUT2D eigenvalue weighted by Crippen LogP contribution is -2.01. The first-order valence-electron chi connectivity index (χ1n) is 9.71. The topological polar surface area (TPSA) is 49.2 Å². The molecule has 1 heterocycles. The molecule has 5 nitrogen and oxygen atoms in total. The Bertz CT molecular complexity index is 1190. The van der Waals surface area contributed by atoms with Crippen molar-refractivity contribution < 1.29 is 9.47 Å². The minimum atomic E-state index is 0.647. The van der Waals surface area contributed by atoms with Gasteiger partial charge in [0.15, 0.2) is 22.5 Å². The van der Waals surface area contributed by atoms with Gasteiger partial charge in [0.25, 0.3) is 0 Å². The van der Waals surface area contributed by atoms with Gasteiger partial charge in [0.1, 0.15) is 0 Å². The van der Waals surface area contributed by atoms with Crippen LogP contribution in [0.5, 0.6) is 11.5 Å². The molecule has 4 aromatic rings. The first kappa shape index (κ1) is 21.3. The fraction of sp³-hybridized carbons (Fsp3) is 0.167. The number of aryl methyl sites for hydroxylation is 1. The van der Waals surface area contributed by atoms with E-state index in [-0.39, 0.29) is 0 Å². The van der Waals surface area contributed by atoms with Crippen molar-refractivity contribution in [2.75, 3.05) is 14.2 Å². The third kappa shape index (κ3) is 4.70. The van der Waals surface area contributed by atoms with Gasteiger partial charge in [-0.15, -0.1) is 10.2 Å². The van der Waals surface area contributed by atoms with Gasteiger partial charge in [-0.05, 0) is 60.5 Å². The lowest BCUT2D eigenvalue weighted by atomic mass is 10.1. The molecular formula is C24H22ClN3O2S. The second kappa shape index (κ2) is 9.45. The lowest BCUT2D eigenvalue weighted by molar-refractivity contribution is 0.355. The van der Waals surface area contributed by atoms with Crippen molar-refractivity contribution in [3.63, 3.8) is 0 Å². The molecule has 0 bridgehead atoms. The van der Waals surface area contributed by atoms with E-state index < -0.39 is 0 Å². The number of halogens is 1. The summed E-state index contributed by atoms with van der Waals surface area (Å²) in [6.07, 6.45) is 0. The van der Waals surface area contributed by atoms with Crippen LogP contribution in [0.3, 0.4) is 0 Å². The van der Waals surface area contributed by atoms with E-state index in [1.54, 1.807) is 26.0 Å². The number of rotatable bonds is 7. The van der Waals surface area contributed by atoms with Crippen LogP contribution in [0, 0.1) is 6.92 Å². The van der Waals surface area contributed by atoms with Crippen molar-refractivity contribution in [1.82, 2.24) is 14.8 Å². The number of benzene rings is 3. The average Bonchev–Trinajstić information content (AvgIpc) is 3.22. The van der Waals surface area contributed by atoms with Gasteiger partial charge in [-0.25, -0.2) is 0 Å². The number of hydrogen-bond acceptors (Lipinski definition) is 5. The fourth-order valence-corrected chi connectivity index (χ4v) is 4.29. The summed E-state index contributed by atoms with van der Waals surface area (Å²) in [7, 11) is 3.25. The van der Waals surface area contributed by atoms with Crippen LogP contribution in [0.4, 0.5) is 0 Å². The highest BCUT2D eigenvalue weighted by atomic mass is 35.5. The Kier molecular flexibility index (Phi) is 6.49. The van der Waals surface area contributed by atoms with Crippen LogP contribution in [0.1, 0.15) is 11.1 Å². The molecular weight excluding hydrogens is 430 g/mol. The van der Waals surface area contributed by atoms with E-state index in [9.17, 15) is 0 Å². The zero-order chi connectivity index (χ0) is 21.8. The fourth-order valence-electron chi connectivity index (χ4n) is 3.25. The van der Waals surface area contributed by atoms with Crippen LogP contribution in [-0.2, 0) is 5.75 Å². The van der Waals surface area contributed by atoms with E-state index in [1.807, 2.05) is 48.5 Å². The molecule has 1 aromatic heterocycles. The molecule has 31 heavy (non-hydrogen) atoms. The molecule has 158 valence electrons. The summed E-state index contributed by atoms with van der Waals surface area (Å²) >= 11 is 7.64.